The predicted molar refractivity (Wildman–Crippen MR) is 109 cm³/mol. The van der Waals surface area contributed by atoms with Crippen molar-refractivity contribution in [2.24, 2.45) is 0 Å². The van der Waals surface area contributed by atoms with E-state index in [1.807, 2.05) is 31.2 Å². The highest BCUT2D eigenvalue weighted by Gasteiger charge is 2.19. The summed E-state index contributed by atoms with van der Waals surface area (Å²) in [6.07, 6.45) is 0.143. The lowest BCUT2D eigenvalue weighted by molar-refractivity contribution is -0.117. The SMILES string of the molecule is COc1cc(N(CCC(=O)Nc2ccc(C)cc2)C(C)=O)cc(OC)c1OC. The fraction of sp³-hybridized carbons (Fsp3) is 0.333. The van der Waals surface area contributed by atoms with E-state index in [1.54, 1.807) is 12.1 Å². The molecule has 7 heteroatoms. The third-order valence-electron chi connectivity index (χ3n) is 4.24. The molecule has 2 rings (SSSR count). The van der Waals surface area contributed by atoms with Crippen molar-refractivity contribution in [1.29, 1.82) is 0 Å². The topological polar surface area (TPSA) is 77.1 Å². The number of hydrogen-bond donors (Lipinski definition) is 1. The zero-order valence-corrected chi connectivity index (χ0v) is 16.9. The van der Waals surface area contributed by atoms with E-state index in [1.165, 1.54) is 33.2 Å². The second kappa shape index (κ2) is 9.64. The van der Waals surface area contributed by atoms with Crippen molar-refractivity contribution < 1.29 is 23.8 Å². The number of anilines is 2. The van der Waals surface area contributed by atoms with Gasteiger partial charge in [-0.2, -0.15) is 0 Å². The van der Waals surface area contributed by atoms with Crippen LogP contribution in [-0.2, 0) is 9.59 Å². The monoisotopic (exact) mass is 386 g/mol. The maximum absolute atomic E-state index is 12.3. The molecule has 0 spiro atoms. The summed E-state index contributed by atoms with van der Waals surface area (Å²) in [5, 5.41) is 2.83. The average Bonchev–Trinajstić information content (AvgIpc) is 2.68. The third kappa shape index (κ3) is 5.16. The minimum absolute atomic E-state index is 0.143. The molecule has 0 fully saturated rings. The van der Waals surface area contributed by atoms with Gasteiger partial charge in [0.2, 0.25) is 17.6 Å². The summed E-state index contributed by atoms with van der Waals surface area (Å²) in [4.78, 5) is 26.0. The van der Waals surface area contributed by atoms with Crippen LogP contribution in [0.1, 0.15) is 18.9 Å². The number of amides is 2. The highest BCUT2D eigenvalue weighted by molar-refractivity contribution is 5.95. The maximum atomic E-state index is 12.3. The first-order chi connectivity index (χ1) is 13.4. The second-order valence-corrected chi connectivity index (χ2v) is 6.22. The van der Waals surface area contributed by atoms with Gasteiger partial charge in [0.25, 0.3) is 0 Å². The van der Waals surface area contributed by atoms with Gasteiger partial charge in [-0.25, -0.2) is 0 Å². The lowest BCUT2D eigenvalue weighted by atomic mass is 10.2. The fourth-order valence-electron chi connectivity index (χ4n) is 2.77. The summed E-state index contributed by atoms with van der Waals surface area (Å²) in [6.45, 7) is 3.64. The van der Waals surface area contributed by atoms with E-state index in [0.717, 1.165) is 11.3 Å². The van der Waals surface area contributed by atoms with Crippen molar-refractivity contribution in [3.05, 3.63) is 42.0 Å². The molecule has 0 unspecified atom stereocenters. The first kappa shape index (κ1) is 21.1. The van der Waals surface area contributed by atoms with Crippen LogP contribution in [0.4, 0.5) is 11.4 Å². The molecular weight excluding hydrogens is 360 g/mol. The minimum Gasteiger partial charge on any atom is -0.493 e. The van der Waals surface area contributed by atoms with Gasteiger partial charge in [0.1, 0.15) is 0 Å². The van der Waals surface area contributed by atoms with Crippen molar-refractivity contribution in [2.45, 2.75) is 20.3 Å². The lowest BCUT2D eigenvalue weighted by Gasteiger charge is -2.23. The molecule has 28 heavy (non-hydrogen) atoms. The van der Waals surface area contributed by atoms with Crippen molar-refractivity contribution in [3.8, 4) is 17.2 Å². The van der Waals surface area contributed by atoms with Crippen LogP contribution in [0.15, 0.2) is 36.4 Å². The Morgan fingerprint density at radius 3 is 2.00 bits per heavy atom. The van der Waals surface area contributed by atoms with E-state index in [9.17, 15) is 9.59 Å². The largest absolute Gasteiger partial charge is 0.493 e. The molecule has 0 saturated carbocycles. The molecule has 0 radical (unpaired) electrons. The van der Waals surface area contributed by atoms with Gasteiger partial charge in [-0.1, -0.05) is 17.7 Å². The fourth-order valence-corrected chi connectivity index (χ4v) is 2.77. The molecule has 0 aliphatic heterocycles. The Kier molecular flexibility index (Phi) is 7.26. The molecule has 7 nitrogen and oxygen atoms in total. The van der Waals surface area contributed by atoms with Gasteiger partial charge in [-0.3, -0.25) is 9.59 Å². The van der Waals surface area contributed by atoms with Crippen LogP contribution in [0.3, 0.4) is 0 Å². The third-order valence-corrected chi connectivity index (χ3v) is 4.24. The molecule has 1 N–H and O–H groups in total. The zero-order valence-electron chi connectivity index (χ0n) is 16.9. The van der Waals surface area contributed by atoms with Gasteiger partial charge in [-0.05, 0) is 19.1 Å². The number of methoxy groups -OCH3 is 3. The number of ether oxygens (including phenoxy) is 3. The van der Waals surface area contributed by atoms with E-state index in [0.29, 0.717) is 22.9 Å². The molecule has 0 atom stereocenters. The van der Waals surface area contributed by atoms with Gasteiger partial charge >= 0.3 is 0 Å². The molecule has 0 saturated heterocycles. The van der Waals surface area contributed by atoms with Crippen molar-refractivity contribution in [1.82, 2.24) is 0 Å². The lowest BCUT2D eigenvalue weighted by Crippen LogP contribution is -2.32. The Bertz CT molecular complexity index is 808. The van der Waals surface area contributed by atoms with Gasteiger partial charge in [0.15, 0.2) is 11.5 Å². The number of nitrogens with one attached hydrogen (secondary N) is 1. The zero-order chi connectivity index (χ0) is 20.7. The van der Waals surface area contributed by atoms with Crippen LogP contribution >= 0.6 is 0 Å². The standard InChI is InChI=1S/C21H26N2O5/c1-14-6-8-16(9-7-14)22-20(25)10-11-23(15(2)24)17-12-18(26-3)21(28-5)19(13-17)27-4/h6-9,12-13H,10-11H2,1-5H3,(H,22,25). The molecule has 0 heterocycles. The number of hydrogen-bond acceptors (Lipinski definition) is 5. The van der Waals surface area contributed by atoms with Gasteiger partial charge in [-0.15, -0.1) is 0 Å². The Hall–Kier alpha value is -3.22. The van der Waals surface area contributed by atoms with E-state index >= 15 is 0 Å². The van der Waals surface area contributed by atoms with Crippen LogP contribution in [0.25, 0.3) is 0 Å². The van der Waals surface area contributed by atoms with Crippen LogP contribution in [0.2, 0.25) is 0 Å². The molecule has 2 amide bonds. The van der Waals surface area contributed by atoms with Crippen LogP contribution in [0.5, 0.6) is 17.2 Å². The van der Waals surface area contributed by atoms with Gasteiger partial charge < -0.3 is 24.4 Å². The highest BCUT2D eigenvalue weighted by atomic mass is 16.5. The Labute approximate surface area is 165 Å². The molecule has 0 bridgehead atoms. The van der Waals surface area contributed by atoms with Gasteiger partial charge in [0, 0.05) is 37.7 Å². The van der Waals surface area contributed by atoms with Crippen LogP contribution in [-0.4, -0.2) is 39.7 Å². The predicted octanol–water partition coefficient (Wildman–Crippen LogP) is 3.40. The average molecular weight is 386 g/mol. The first-order valence-corrected chi connectivity index (χ1v) is 8.84. The summed E-state index contributed by atoms with van der Waals surface area (Å²) < 4.78 is 16.0. The number of aryl methyl sites for hydroxylation is 1. The van der Waals surface area contributed by atoms with Crippen molar-refractivity contribution in [3.63, 3.8) is 0 Å². The summed E-state index contributed by atoms with van der Waals surface area (Å²) in [5.74, 6) is 0.939. The smallest absolute Gasteiger partial charge is 0.226 e. The number of carbonyl (C=O) groups excluding carboxylic acids is 2. The highest BCUT2D eigenvalue weighted by Crippen LogP contribution is 2.41. The molecule has 2 aromatic carbocycles. The molecule has 0 aliphatic carbocycles. The Balaban J connectivity index is 2.16. The van der Waals surface area contributed by atoms with Crippen LogP contribution in [0, 0.1) is 6.92 Å². The van der Waals surface area contributed by atoms with Crippen molar-refractivity contribution >= 4 is 23.2 Å². The molecule has 2 aromatic rings. The minimum atomic E-state index is -0.197. The number of carbonyl (C=O) groups is 2. The summed E-state index contributed by atoms with van der Waals surface area (Å²) in [6, 6.07) is 10.9. The van der Waals surface area contributed by atoms with Gasteiger partial charge in [0.05, 0.1) is 27.0 Å². The summed E-state index contributed by atoms with van der Waals surface area (Å²) in [5.41, 5.74) is 2.39. The number of nitrogens with zero attached hydrogens (tertiary/aromatic N) is 1. The maximum Gasteiger partial charge on any atom is 0.226 e. The van der Waals surface area contributed by atoms with E-state index < -0.39 is 0 Å². The van der Waals surface area contributed by atoms with Crippen LogP contribution < -0.4 is 24.4 Å². The molecule has 0 aliphatic rings. The summed E-state index contributed by atoms with van der Waals surface area (Å²) in [7, 11) is 4.53. The number of benzene rings is 2. The molecular formula is C21H26N2O5. The van der Waals surface area contributed by atoms with E-state index in [2.05, 4.69) is 5.32 Å². The first-order valence-electron chi connectivity index (χ1n) is 8.84. The quantitative estimate of drug-likeness (QED) is 0.752. The number of rotatable bonds is 8. The Morgan fingerprint density at radius 2 is 1.54 bits per heavy atom. The second-order valence-electron chi connectivity index (χ2n) is 6.22. The molecule has 0 aromatic heterocycles. The summed E-state index contributed by atoms with van der Waals surface area (Å²) >= 11 is 0. The van der Waals surface area contributed by atoms with E-state index in [4.69, 9.17) is 14.2 Å². The van der Waals surface area contributed by atoms with Crippen molar-refractivity contribution in [2.75, 3.05) is 38.1 Å². The molecule has 150 valence electrons. The Morgan fingerprint density at radius 1 is 0.964 bits per heavy atom. The normalized spacial score (nSPS) is 10.2. The van der Waals surface area contributed by atoms with E-state index in [-0.39, 0.29) is 24.8 Å².